The molecule has 104 valence electrons. The zero-order valence-corrected chi connectivity index (χ0v) is 12.0. The summed E-state index contributed by atoms with van der Waals surface area (Å²) >= 11 is 5.92. The van der Waals surface area contributed by atoms with Crippen LogP contribution in [0.15, 0.2) is 47.3 Å². The summed E-state index contributed by atoms with van der Waals surface area (Å²) in [6.45, 7) is 2.06. The van der Waals surface area contributed by atoms with Gasteiger partial charge < -0.3 is 9.32 Å². The fourth-order valence-electron chi connectivity index (χ4n) is 2.45. The van der Waals surface area contributed by atoms with Crippen LogP contribution in [-0.2, 0) is 0 Å². The highest BCUT2D eigenvalue weighted by atomic mass is 35.5. The molecule has 1 aromatic carbocycles. The standard InChI is InChI=1S/C16H16ClNO2/c1-11(12-2-4-14(17)5-3-12)18(15-6-7-15)16(19)13-8-9-20-10-13/h2-5,8-11,15H,6-7H2,1H3. The molecule has 0 saturated heterocycles. The molecule has 1 aromatic heterocycles. The lowest BCUT2D eigenvalue weighted by molar-refractivity contribution is 0.0673. The lowest BCUT2D eigenvalue weighted by atomic mass is 10.1. The molecule has 0 aliphatic heterocycles. The van der Waals surface area contributed by atoms with Crippen molar-refractivity contribution in [3.63, 3.8) is 0 Å². The van der Waals surface area contributed by atoms with Gasteiger partial charge >= 0.3 is 0 Å². The Hall–Kier alpha value is -1.74. The summed E-state index contributed by atoms with van der Waals surface area (Å²) in [4.78, 5) is 14.6. The highest BCUT2D eigenvalue weighted by molar-refractivity contribution is 6.30. The second-order valence-electron chi connectivity index (χ2n) is 5.18. The number of rotatable bonds is 4. The zero-order chi connectivity index (χ0) is 14.1. The minimum atomic E-state index is 0.0298. The van der Waals surface area contributed by atoms with Crippen LogP contribution in [0.3, 0.4) is 0 Å². The molecule has 1 aliphatic rings. The molecule has 1 unspecified atom stereocenters. The van der Waals surface area contributed by atoms with Gasteiger partial charge in [0.25, 0.3) is 5.91 Å². The van der Waals surface area contributed by atoms with Gasteiger partial charge in [0.15, 0.2) is 0 Å². The monoisotopic (exact) mass is 289 g/mol. The molecule has 3 rings (SSSR count). The Balaban J connectivity index is 1.87. The Kier molecular flexibility index (Phi) is 3.53. The normalized spacial score (nSPS) is 15.9. The fourth-order valence-corrected chi connectivity index (χ4v) is 2.57. The molecule has 0 bridgehead atoms. The first kappa shape index (κ1) is 13.3. The smallest absolute Gasteiger partial charge is 0.257 e. The summed E-state index contributed by atoms with van der Waals surface area (Å²) in [6.07, 6.45) is 5.18. The molecule has 4 heteroatoms. The van der Waals surface area contributed by atoms with E-state index in [4.69, 9.17) is 16.0 Å². The number of hydrogen-bond acceptors (Lipinski definition) is 2. The van der Waals surface area contributed by atoms with Crippen LogP contribution in [0.2, 0.25) is 5.02 Å². The Morgan fingerprint density at radius 1 is 1.30 bits per heavy atom. The Morgan fingerprint density at radius 2 is 2.00 bits per heavy atom. The number of amides is 1. The Bertz CT molecular complexity index is 587. The molecule has 1 aliphatic carbocycles. The first-order chi connectivity index (χ1) is 9.66. The first-order valence-corrected chi connectivity index (χ1v) is 7.15. The van der Waals surface area contributed by atoms with Crippen LogP contribution in [0.4, 0.5) is 0 Å². The number of carbonyl (C=O) groups excluding carboxylic acids is 1. The highest BCUT2D eigenvalue weighted by Gasteiger charge is 2.36. The van der Waals surface area contributed by atoms with E-state index >= 15 is 0 Å². The van der Waals surface area contributed by atoms with E-state index < -0.39 is 0 Å². The molecule has 1 amide bonds. The van der Waals surface area contributed by atoms with Crippen molar-refractivity contribution in [3.05, 3.63) is 59.0 Å². The number of furan rings is 1. The molecule has 20 heavy (non-hydrogen) atoms. The molecule has 0 N–H and O–H groups in total. The van der Waals surface area contributed by atoms with Crippen molar-refractivity contribution in [1.82, 2.24) is 4.90 Å². The van der Waals surface area contributed by atoms with Gasteiger partial charge in [-0.25, -0.2) is 0 Å². The van der Waals surface area contributed by atoms with E-state index in [0.717, 1.165) is 18.4 Å². The second-order valence-corrected chi connectivity index (χ2v) is 5.62. The van der Waals surface area contributed by atoms with Crippen LogP contribution in [-0.4, -0.2) is 16.8 Å². The first-order valence-electron chi connectivity index (χ1n) is 6.77. The van der Waals surface area contributed by atoms with E-state index in [0.29, 0.717) is 16.6 Å². The van der Waals surface area contributed by atoms with E-state index in [2.05, 4.69) is 6.92 Å². The number of benzene rings is 1. The minimum Gasteiger partial charge on any atom is -0.472 e. The predicted octanol–water partition coefficient (Wildman–Crippen LogP) is 4.30. The second kappa shape index (κ2) is 5.33. The van der Waals surface area contributed by atoms with Gasteiger partial charge in [-0.05, 0) is 43.5 Å². The minimum absolute atomic E-state index is 0.0298. The lowest BCUT2D eigenvalue weighted by Crippen LogP contribution is -2.35. The van der Waals surface area contributed by atoms with Crippen LogP contribution in [0, 0.1) is 0 Å². The highest BCUT2D eigenvalue weighted by Crippen LogP contribution is 2.35. The van der Waals surface area contributed by atoms with Crippen molar-refractivity contribution in [2.24, 2.45) is 0 Å². The van der Waals surface area contributed by atoms with Gasteiger partial charge in [-0.1, -0.05) is 23.7 Å². The van der Waals surface area contributed by atoms with Gasteiger partial charge in [0.1, 0.15) is 6.26 Å². The van der Waals surface area contributed by atoms with Gasteiger partial charge in [-0.2, -0.15) is 0 Å². The van der Waals surface area contributed by atoms with Gasteiger partial charge in [0.05, 0.1) is 17.9 Å². The molecule has 0 radical (unpaired) electrons. The molecule has 3 nitrogen and oxygen atoms in total. The van der Waals surface area contributed by atoms with Crippen LogP contribution >= 0.6 is 11.6 Å². The van der Waals surface area contributed by atoms with Crippen molar-refractivity contribution < 1.29 is 9.21 Å². The molecule has 1 atom stereocenters. The summed E-state index contributed by atoms with van der Waals surface area (Å²) in [5, 5.41) is 0.708. The van der Waals surface area contributed by atoms with Gasteiger partial charge in [-0.3, -0.25) is 4.79 Å². The quantitative estimate of drug-likeness (QED) is 0.841. The Morgan fingerprint density at radius 3 is 2.55 bits per heavy atom. The molecule has 2 aromatic rings. The van der Waals surface area contributed by atoms with Crippen LogP contribution in [0.5, 0.6) is 0 Å². The number of halogens is 1. The van der Waals surface area contributed by atoms with E-state index in [1.807, 2.05) is 29.2 Å². The van der Waals surface area contributed by atoms with Crippen molar-refractivity contribution in [2.45, 2.75) is 31.8 Å². The van der Waals surface area contributed by atoms with E-state index in [1.54, 1.807) is 6.07 Å². The molecule has 0 spiro atoms. The summed E-state index contributed by atoms with van der Waals surface area (Å²) in [5.74, 6) is 0.0312. The third kappa shape index (κ3) is 2.59. The van der Waals surface area contributed by atoms with Crippen molar-refractivity contribution in [1.29, 1.82) is 0 Å². The summed E-state index contributed by atoms with van der Waals surface area (Å²) in [6, 6.07) is 9.76. The van der Waals surface area contributed by atoms with Gasteiger partial charge in [0, 0.05) is 11.1 Å². The fraction of sp³-hybridized carbons (Fsp3) is 0.312. The van der Waals surface area contributed by atoms with E-state index in [1.165, 1.54) is 12.5 Å². The molecule has 1 saturated carbocycles. The zero-order valence-electron chi connectivity index (χ0n) is 11.3. The third-order valence-corrected chi connectivity index (χ3v) is 3.96. The summed E-state index contributed by atoms with van der Waals surface area (Å²) < 4.78 is 5.02. The van der Waals surface area contributed by atoms with Crippen LogP contribution in [0.1, 0.15) is 41.7 Å². The largest absolute Gasteiger partial charge is 0.472 e. The maximum Gasteiger partial charge on any atom is 0.257 e. The maximum absolute atomic E-state index is 12.6. The van der Waals surface area contributed by atoms with Crippen LogP contribution < -0.4 is 0 Å². The van der Waals surface area contributed by atoms with Gasteiger partial charge in [-0.15, -0.1) is 0 Å². The summed E-state index contributed by atoms with van der Waals surface area (Å²) in [5.41, 5.74) is 1.70. The van der Waals surface area contributed by atoms with E-state index in [9.17, 15) is 4.79 Å². The summed E-state index contributed by atoms with van der Waals surface area (Å²) in [7, 11) is 0. The topological polar surface area (TPSA) is 33.5 Å². The molecule has 1 heterocycles. The lowest BCUT2D eigenvalue weighted by Gasteiger charge is -2.29. The van der Waals surface area contributed by atoms with Gasteiger partial charge in [0.2, 0.25) is 0 Å². The molecule has 1 fully saturated rings. The number of carbonyl (C=O) groups is 1. The van der Waals surface area contributed by atoms with Crippen LogP contribution in [0.25, 0.3) is 0 Å². The molecular weight excluding hydrogens is 274 g/mol. The number of hydrogen-bond donors (Lipinski definition) is 0. The third-order valence-electron chi connectivity index (χ3n) is 3.71. The molecular formula is C16H16ClNO2. The predicted molar refractivity (Wildman–Crippen MR) is 77.8 cm³/mol. The van der Waals surface area contributed by atoms with E-state index in [-0.39, 0.29) is 11.9 Å². The average molecular weight is 290 g/mol. The SMILES string of the molecule is CC(c1ccc(Cl)cc1)N(C(=O)c1ccoc1)C1CC1. The average Bonchev–Trinajstić information content (AvgIpc) is 3.12. The number of nitrogens with zero attached hydrogens (tertiary/aromatic N) is 1. The maximum atomic E-state index is 12.6. The van der Waals surface area contributed by atoms with Crippen molar-refractivity contribution >= 4 is 17.5 Å². The van der Waals surface area contributed by atoms with Crippen molar-refractivity contribution in [3.8, 4) is 0 Å². The Labute approximate surface area is 123 Å². The van der Waals surface area contributed by atoms with Crippen molar-refractivity contribution in [2.75, 3.05) is 0 Å².